The van der Waals surface area contributed by atoms with E-state index < -0.39 is 15.7 Å². The van der Waals surface area contributed by atoms with Crippen molar-refractivity contribution in [2.75, 3.05) is 0 Å². The van der Waals surface area contributed by atoms with Crippen molar-refractivity contribution in [3.05, 3.63) is 35.8 Å². The molecule has 1 unspecified atom stereocenters. The molecule has 5 heteroatoms. The minimum atomic E-state index is -1.39. The Hall–Kier alpha value is -1.20. The molecule has 0 bridgehead atoms. The minimum absolute atomic E-state index is 0.0676. The van der Waals surface area contributed by atoms with Crippen LogP contribution in [0, 0.1) is 5.82 Å². The third-order valence-electron chi connectivity index (χ3n) is 3.33. The quantitative estimate of drug-likeness (QED) is 0.934. The lowest BCUT2D eigenvalue weighted by Crippen LogP contribution is -2.33. The first kappa shape index (κ1) is 14.2. The Labute approximate surface area is 114 Å². The van der Waals surface area contributed by atoms with Crippen LogP contribution in [0.2, 0.25) is 0 Å². The first-order chi connectivity index (χ1) is 8.79. The van der Waals surface area contributed by atoms with E-state index in [0.29, 0.717) is 12.0 Å². The molecule has 1 aromatic carbocycles. The highest BCUT2D eigenvalue weighted by molar-refractivity contribution is 7.84. The molecule has 2 aromatic rings. The topological polar surface area (TPSA) is 56.2 Å². The molecule has 1 aromatic heterocycles. The smallest absolute Gasteiger partial charge is 0.134 e. The van der Waals surface area contributed by atoms with E-state index in [1.807, 2.05) is 26.8 Å². The van der Waals surface area contributed by atoms with Crippen LogP contribution in [-0.2, 0) is 11.0 Å². The molecule has 104 valence electrons. The van der Waals surface area contributed by atoms with Crippen molar-refractivity contribution >= 4 is 22.0 Å². The summed E-state index contributed by atoms with van der Waals surface area (Å²) in [5.74, 6) is 0.549. The summed E-state index contributed by atoms with van der Waals surface area (Å²) in [6.07, 6.45) is 0.637. The van der Waals surface area contributed by atoms with E-state index in [9.17, 15) is 8.60 Å². The number of hydrogen-bond acceptors (Lipinski definition) is 2. The molecule has 0 spiro atoms. The average molecular weight is 283 g/mol. The average Bonchev–Trinajstić information content (AvgIpc) is 2.71. The molecular weight excluding hydrogens is 265 g/mol. The highest BCUT2D eigenvalue weighted by Crippen LogP contribution is 2.32. The molecule has 19 heavy (non-hydrogen) atoms. The van der Waals surface area contributed by atoms with Gasteiger partial charge in [0, 0.05) is 11.3 Å². The molecule has 0 aliphatic carbocycles. The van der Waals surface area contributed by atoms with Crippen molar-refractivity contribution in [1.82, 2.24) is 0 Å². The molecule has 0 amide bonds. The maximum atomic E-state index is 13.1. The van der Waals surface area contributed by atoms with Gasteiger partial charge in [0.2, 0.25) is 0 Å². The maximum absolute atomic E-state index is 13.1. The van der Waals surface area contributed by atoms with E-state index in [-0.39, 0.29) is 11.7 Å². The van der Waals surface area contributed by atoms with Gasteiger partial charge in [-0.1, -0.05) is 6.92 Å². The van der Waals surface area contributed by atoms with Crippen LogP contribution in [0.1, 0.15) is 38.9 Å². The highest BCUT2D eigenvalue weighted by Gasteiger charge is 2.28. The van der Waals surface area contributed by atoms with E-state index in [1.54, 1.807) is 6.07 Å². The molecule has 1 heterocycles. The Morgan fingerprint density at radius 3 is 2.74 bits per heavy atom. The normalized spacial score (nSPS) is 15.6. The second-order valence-corrected chi connectivity index (χ2v) is 7.19. The molecular formula is C14H18FNO2S. The summed E-state index contributed by atoms with van der Waals surface area (Å²) in [7, 11) is -1.39. The third kappa shape index (κ3) is 3.04. The molecule has 0 saturated heterocycles. The summed E-state index contributed by atoms with van der Waals surface area (Å²) in [6.45, 7) is 5.71. The van der Waals surface area contributed by atoms with Gasteiger partial charge in [0.25, 0.3) is 0 Å². The SMILES string of the molecule is C[C@H](CC(C)(C)S(N)=O)c1cc2cc(F)ccc2o1. The van der Waals surface area contributed by atoms with Gasteiger partial charge in [0.1, 0.15) is 17.2 Å². The fourth-order valence-electron chi connectivity index (χ4n) is 2.20. The molecule has 0 aliphatic heterocycles. The summed E-state index contributed by atoms with van der Waals surface area (Å²) >= 11 is 0. The number of hydrogen-bond donors (Lipinski definition) is 1. The van der Waals surface area contributed by atoms with Gasteiger partial charge in [0.05, 0.1) is 15.7 Å². The summed E-state index contributed by atoms with van der Waals surface area (Å²) in [5, 5.41) is 6.23. The molecule has 0 saturated carbocycles. The Balaban J connectivity index is 2.26. The fourth-order valence-corrected chi connectivity index (χ4v) is 2.61. The van der Waals surface area contributed by atoms with Gasteiger partial charge in [-0.25, -0.2) is 8.60 Å². The van der Waals surface area contributed by atoms with Crippen LogP contribution in [-0.4, -0.2) is 8.96 Å². The maximum Gasteiger partial charge on any atom is 0.134 e. The van der Waals surface area contributed by atoms with E-state index in [1.165, 1.54) is 12.1 Å². The Morgan fingerprint density at radius 2 is 2.11 bits per heavy atom. The number of fused-ring (bicyclic) bond motifs is 1. The summed E-state index contributed by atoms with van der Waals surface area (Å²) in [6, 6.07) is 6.27. The number of halogens is 1. The monoisotopic (exact) mass is 283 g/mol. The summed E-state index contributed by atoms with van der Waals surface area (Å²) in [5.41, 5.74) is 0.662. The van der Waals surface area contributed by atoms with Gasteiger partial charge in [0.15, 0.2) is 0 Å². The molecule has 0 aliphatic rings. The first-order valence-electron chi connectivity index (χ1n) is 6.15. The van der Waals surface area contributed by atoms with Gasteiger partial charge in [-0.3, -0.25) is 5.14 Å². The van der Waals surface area contributed by atoms with Crippen molar-refractivity contribution in [3.8, 4) is 0 Å². The van der Waals surface area contributed by atoms with Crippen molar-refractivity contribution < 1.29 is 13.0 Å². The van der Waals surface area contributed by atoms with Crippen LogP contribution in [0.5, 0.6) is 0 Å². The lowest BCUT2D eigenvalue weighted by atomic mass is 9.96. The first-order valence-corrected chi connectivity index (χ1v) is 7.36. The predicted molar refractivity (Wildman–Crippen MR) is 75.6 cm³/mol. The number of furan rings is 1. The number of rotatable bonds is 4. The van der Waals surface area contributed by atoms with E-state index >= 15 is 0 Å². The van der Waals surface area contributed by atoms with Crippen LogP contribution >= 0.6 is 0 Å². The molecule has 2 rings (SSSR count). The van der Waals surface area contributed by atoms with Gasteiger partial charge >= 0.3 is 0 Å². The largest absolute Gasteiger partial charge is 0.461 e. The lowest BCUT2D eigenvalue weighted by Gasteiger charge is -2.23. The molecule has 3 nitrogen and oxygen atoms in total. The van der Waals surface area contributed by atoms with Crippen LogP contribution in [0.3, 0.4) is 0 Å². The zero-order chi connectivity index (χ0) is 14.2. The Morgan fingerprint density at radius 1 is 1.42 bits per heavy atom. The fraction of sp³-hybridized carbons (Fsp3) is 0.429. The van der Waals surface area contributed by atoms with E-state index in [4.69, 9.17) is 9.56 Å². The van der Waals surface area contributed by atoms with Crippen LogP contribution < -0.4 is 5.14 Å². The second kappa shape index (κ2) is 5.06. The number of nitrogens with two attached hydrogens (primary N) is 1. The van der Waals surface area contributed by atoms with Crippen LogP contribution in [0.15, 0.2) is 28.7 Å². The number of benzene rings is 1. The minimum Gasteiger partial charge on any atom is -0.461 e. The van der Waals surface area contributed by atoms with Gasteiger partial charge in [-0.2, -0.15) is 0 Å². The van der Waals surface area contributed by atoms with Crippen molar-refractivity contribution in [2.24, 2.45) is 5.14 Å². The zero-order valence-electron chi connectivity index (χ0n) is 11.3. The van der Waals surface area contributed by atoms with Gasteiger partial charge < -0.3 is 4.42 Å². The highest BCUT2D eigenvalue weighted by atomic mass is 32.2. The van der Waals surface area contributed by atoms with Gasteiger partial charge in [-0.05, 0) is 44.5 Å². The second-order valence-electron chi connectivity index (χ2n) is 5.49. The van der Waals surface area contributed by atoms with Crippen molar-refractivity contribution in [3.63, 3.8) is 0 Å². The summed E-state index contributed by atoms with van der Waals surface area (Å²) < 4.78 is 29.8. The van der Waals surface area contributed by atoms with Crippen molar-refractivity contribution in [2.45, 2.75) is 37.9 Å². The molecule has 2 N–H and O–H groups in total. The van der Waals surface area contributed by atoms with Crippen LogP contribution in [0.25, 0.3) is 11.0 Å². The standard InChI is InChI=1S/C14H18FNO2S/c1-9(8-14(2,3)19(16)17)13-7-10-6-11(15)4-5-12(10)18-13/h4-7,9H,8,16H2,1-3H3/t9-,19?/m1/s1. The zero-order valence-corrected chi connectivity index (χ0v) is 12.1. The summed E-state index contributed by atoms with van der Waals surface area (Å²) in [4.78, 5) is 0. The molecule has 2 atom stereocenters. The van der Waals surface area contributed by atoms with Crippen LogP contribution in [0.4, 0.5) is 4.39 Å². The Kier molecular flexibility index (Phi) is 3.78. The third-order valence-corrected chi connectivity index (χ3v) is 4.58. The Bertz CT molecular complexity index is 621. The predicted octanol–water partition coefficient (Wildman–Crippen LogP) is 3.47. The molecule has 0 fully saturated rings. The van der Waals surface area contributed by atoms with Crippen molar-refractivity contribution in [1.29, 1.82) is 0 Å². The van der Waals surface area contributed by atoms with E-state index in [0.717, 1.165) is 11.1 Å². The van der Waals surface area contributed by atoms with E-state index in [2.05, 4.69) is 0 Å². The lowest BCUT2D eigenvalue weighted by molar-refractivity contribution is 0.454. The molecule has 0 radical (unpaired) electrons. The van der Waals surface area contributed by atoms with Gasteiger partial charge in [-0.15, -0.1) is 0 Å².